The van der Waals surface area contributed by atoms with Gasteiger partial charge in [0, 0.05) is 12.1 Å². The van der Waals surface area contributed by atoms with Crippen LogP contribution >= 0.6 is 0 Å². The Morgan fingerprint density at radius 1 is 0.848 bits per heavy atom. The van der Waals surface area contributed by atoms with Crippen LogP contribution in [0.25, 0.3) is 0 Å². The molecule has 172 valence electrons. The molecule has 0 fully saturated rings. The number of amides is 2. The standard InChI is InChI=1S/C26H29N3O4/c1-29(2)24(20-8-7-11-23(16-20)32-3)17-27-25(30)18-28-26(31)19-12-14-22(15-13-19)33-21-9-5-4-6-10-21/h4-16,24H,17-18H2,1-3H3,(H,27,30)(H,28,31). The molecule has 3 aromatic rings. The van der Waals surface area contributed by atoms with Gasteiger partial charge >= 0.3 is 0 Å². The topological polar surface area (TPSA) is 79.9 Å². The van der Waals surface area contributed by atoms with Gasteiger partial charge in [0.15, 0.2) is 0 Å². The molecule has 0 radical (unpaired) electrons. The van der Waals surface area contributed by atoms with Gasteiger partial charge in [0.25, 0.3) is 5.91 Å². The summed E-state index contributed by atoms with van der Waals surface area (Å²) in [7, 11) is 5.52. The number of rotatable bonds is 10. The number of hydrogen-bond donors (Lipinski definition) is 2. The van der Waals surface area contributed by atoms with E-state index in [0.717, 1.165) is 17.1 Å². The van der Waals surface area contributed by atoms with Gasteiger partial charge in [0.2, 0.25) is 5.91 Å². The van der Waals surface area contributed by atoms with Gasteiger partial charge in [-0.05, 0) is 68.2 Å². The van der Waals surface area contributed by atoms with Crippen molar-refractivity contribution in [3.63, 3.8) is 0 Å². The Morgan fingerprint density at radius 2 is 1.52 bits per heavy atom. The van der Waals surface area contributed by atoms with E-state index in [2.05, 4.69) is 10.6 Å². The normalized spacial score (nSPS) is 11.5. The summed E-state index contributed by atoms with van der Waals surface area (Å²) >= 11 is 0. The van der Waals surface area contributed by atoms with Crippen LogP contribution in [0, 0.1) is 0 Å². The third-order valence-corrected chi connectivity index (χ3v) is 5.10. The Labute approximate surface area is 194 Å². The van der Waals surface area contributed by atoms with Gasteiger partial charge < -0.3 is 25.0 Å². The average Bonchev–Trinajstić information content (AvgIpc) is 2.83. The number of hydrogen-bond acceptors (Lipinski definition) is 5. The molecule has 1 atom stereocenters. The van der Waals surface area contributed by atoms with Gasteiger partial charge in [-0.3, -0.25) is 9.59 Å². The molecule has 0 bridgehead atoms. The highest BCUT2D eigenvalue weighted by molar-refractivity contribution is 5.96. The van der Waals surface area contributed by atoms with Crippen molar-refractivity contribution >= 4 is 11.8 Å². The van der Waals surface area contributed by atoms with Crippen molar-refractivity contribution in [1.82, 2.24) is 15.5 Å². The lowest BCUT2D eigenvalue weighted by Gasteiger charge is -2.25. The molecule has 0 aromatic heterocycles. The molecule has 3 aromatic carbocycles. The Morgan fingerprint density at radius 3 is 2.18 bits per heavy atom. The number of ether oxygens (including phenoxy) is 2. The molecule has 0 saturated carbocycles. The van der Waals surface area contributed by atoms with Gasteiger partial charge in [-0.2, -0.15) is 0 Å². The third kappa shape index (κ3) is 7.08. The molecule has 0 spiro atoms. The van der Waals surface area contributed by atoms with E-state index in [1.165, 1.54) is 0 Å². The smallest absolute Gasteiger partial charge is 0.251 e. The van der Waals surface area contributed by atoms with Crippen LogP contribution in [0.1, 0.15) is 22.0 Å². The maximum absolute atomic E-state index is 12.4. The zero-order chi connectivity index (χ0) is 23.6. The number of benzene rings is 3. The molecular weight excluding hydrogens is 418 g/mol. The van der Waals surface area contributed by atoms with Crippen LogP contribution in [0.5, 0.6) is 17.2 Å². The first kappa shape index (κ1) is 23.8. The van der Waals surface area contributed by atoms with E-state index in [-0.39, 0.29) is 24.4 Å². The quantitative estimate of drug-likeness (QED) is 0.496. The summed E-state index contributed by atoms with van der Waals surface area (Å²) in [5.41, 5.74) is 1.48. The minimum Gasteiger partial charge on any atom is -0.497 e. The minimum absolute atomic E-state index is 0.0306. The largest absolute Gasteiger partial charge is 0.497 e. The molecule has 7 heteroatoms. The van der Waals surface area contributed by atoms with Crippen molar-refractivity contribution in [3.05, 3.63) is 90.0 Å². The molecule has 0 saturated heterocycles. The summed E-state index contributed by atoms with van der Waals surface area (Å²) in [6.07, 6.45) is 0. The van der Waals surface area contributed by atoms with Crippen LogP contribution in [-0.2, 0) is 4.79 Å². The first-order valence-electron chi connectivity index (χ1n) is 10.6. The van der Waals surface area contributed by atoms with Gasteiger partial charge in [0.05, 0.1) is 19.7 Å². The number of carbonyl (C=O) groups is 2. The summed E-state index contributed by atoms with van der Waals surface area (Å²) in [5, 5.41) is 5.54. The molecule has 0 aliphatic rings. The highest BCUT2D eigenvalue weighted by atomic mass is 16.5. The maximum Gasteiger partial charge on any atom is 0.251 e. The number of nitrogens with one attached hydrogen (secondary N) is 2. The Bertz CT molecular complexity index is 1050. The molecule has 2 N–H and O–H groups in total. The zero-order valence-corrected chi connectivity index (χ0v) is 19.1. The lowest BCUT2D eigenvalue weighted by Crippen LogP contribution is -2.40. The van der Waals surface area contributed by atoms with Crippen molar-refractivity contribution in [2.45, 2.75) is 6.04 Å². The van der Waals surface area contributed by atoms with E-state index < -0.39 is 0 Å². The van der Waals surface area contributed by atoms with Crippen molar-refractivity contribution in [1.29, 1.82) is 0 Å². The molecular formula is C26H29N3O4. The molecule has 2 amide bonds. The number of carbonyl (C=O) groups excluding carboxylic acids is 2. The van der Waals surface area contributed by atoms with Gasteiger partial charge in [0.1, 0.15) is 17.2 Å². The monoisotopic (exact) mass is 447 g/mol. The molecule has 0 heterocycles. The lowest BCUT2D eigenvalue weighted by molar-refractivity contribution is -0.120. The van der Waals surface area contributed by atoms with Crippen molar-refractivity contribution in [2.24, 2.45) is 0 Å². The Balaban J connectivity index is 1.48. The molecule has 1 unspecified atom stereocenters. The number of methoxy groups -OCH3 is 1. The predicted molar refractivity (Wildman–Crippen MR) is 128 cm³/mol. The van der Waals surface area contributed by atoms with Gasteiger partial charge in [-0.25, -0.2) is 0 Å². The van der Waals surface area contributed by atoms with Crippen LogP contribution in [0.15, 0.2) is 78.9 Å². The van der Waals surface area contributed by atoms with E-state index >= 15 is 0 Å². The highest BCUT2D eigenvalue weighted by Gasteiger charge is 2.16. The summed E-state index contributed by atoms with van der Waals surface area (Å²) in [6, 6.07) is 23.9. The second-order valence-electron chi connectivity index (χ2n) is 7.68. The first-order valence-corrected chi connectivity index (χ1v) is 10.6. The molecule has 0 aliphatic carbocycles. The molecule has 3 rings (SSSR count). The van der Waals surface area contributed by atoms with Crippen molar-refractivity contribution in [2.75, 3.05) is 34.3 Å². The van der Waals surface area contributed by atoms with Crippen LogP contribution in [0.3, 0.4) is 0 Å². The van der Waals surface area contributed by atoms with Crippen molar-refractivity contribution < 1.29 is 19.1 Å². The van der Waals surface area contributed by atoms with Crippen LogP contribution in [-0.4, -0.2) is 51.0 Å². The fourth-order valence-electron chi connectivity index (χ4n) is 3.28. The van der Waals surface area contributed by atoms with E-state index in [1.807, 2.05) is 73.6 Å². The molecule has 33 heavy (non-hydrogen) atoms. The SMILES string of the molecule is COc1cccc(C(CNC(=O)CNC(=O)c2ccc(Oc3ccccc3)cc2)N(C)C)c1. The Hall–Kier alpha value is -3.84. The minimum atomic E-state index is -0.326. The summed E-state index contributed by atoms with van der Waals surface area (Å²) < 4.78 is 11.0. The lowest BCUT2D eigenvalue weighted by atomic mass is 10.1. The number of para-hydroxylation sites is 1. The fraction of sp³-hybridized carbons (Fsp3) is 0.231. The van der Waals surface area contributed by atoms with Crippen LogP contribution in [0.2, 0.25) is 0 Å². The zero-order valence-electron chi connectivity index (χ0n) is 19.1. The fourth-order valence-corrected chi connectivity index (χ4v) is 3.28. The first-order chi connectivity index (χ1) is 16.0. The van der Waals surface area contributed by atoms with Gasteiger partial charge in [-0.15, -0.1) is 0 Å². The maximum atomic E-state index is 12.4. The predicted octanol–water partition coefficient (Wildman–Crippen LogP) is 3.64. The van der Waals surface area contributed by atoms with Gasteiger partial charge in [-0.1, -0.05) is 30.3 Å². The average molecular weight is 448 g/mol. The number of likely N-dealkylation sites (N-methyl/N-ethyl adjacent to an activating group) is 1. The van der Waals surface area contributed by atoms with E-state index in [4.69, 9.17) is 9.47 Å². The highest BCUT2D eigenvalue weighted by Crippen LogP contribution is 2.22. The van der Waals surface area contributed by atoms with Crippen LogP contribution in [0.4, 0.5) is 0 Å². The number of nitrogens with zero attached hydrogens (tertiary/aromatic N) is 1. The molecule has 0 aliphatic heterocycles. The van der Waals surface area contributed by atoms with Crippen molar-refractivity contribution in [3.8, 4) is 17.2 Å². The van der Waals surface area contributed by atoms with Crippen LogP contribution < -0.4 is 20.1 Å². The summed E-state index contributed by atoms with van der Waals surface area (Å²) in [4.78, 5) is 26.8. The third-order valence-electron chi connectivity index (χ3n) is 5.10. The van der Waals surface area contributed by atoms with E-state index in [1.54, 1.807) is 31.4 Å². The van der Waals surface area contributed by atoms with E-state index in [9.17, 15) is 9.59 Å². The second-order valence-corrected chi connectivity index (χ2v) is 7.68. The van der Waals surface area contributed by atoms with E-state index in [0.29, 0.717) is 17.9 Å². The second kappa shape index (κ2) is 11.7. The Kier molecular flexibility index (Phi) is 8.43. The summed E-state index contributed by atoms with van der Waals surface area (Å²) in [5.74, 6) is 1.52. The summed E-state index contributed by atoms with van der Waals surface area (Å²) in [6.45, 7) is 0.291. The molecule has 7 nitrogen and oxygen atoms in total.